The molecule has 10 heteroatoms. The van der Waals surface area contributed by atoms with Gasteiger partial charge in [-0.05, 0) is 31.9 Å². The Morgan fingerprint density at radius 2 is 2.03 bits per heavy atom. The lowest BCUT2D eigenvalue weighted by molar-refractivity contribution is -0.0465. The lowest BCUT2D eigenvalue weighted by Crippen LogP contribution is -2.59. The molecule has 158 valence electrons. The van der Waals surface area contributed by atoms with Crippen LogP contribution in [0.25, 0.3) is 0 Å². The lowest BCUT2D eigenvalue weighted by atomic mass is 9.81. The summed E-state index contributed by atoms with van der Waals surface area (Å²) < 4.78 is 46.8. The number of benzene rings is 1. The second-order valence-electron chi connectivity index (χ2n) is 7.80. The van der Waals surface area contributed by atoms with Gasteiger partial charge >= 0.3 is 11.7 Å². The van der Waals surface area contributed by atoms with Crippen molar-refractivity contribution < 1.29 is 18.0 Å². The number of urea groups is 1. The van der Waals surface area contributed by atoms with E-state index in [0.717, 1.165) is 23.6 Å². The van der Waals surface area contributed by atoms with Crippen LogP contribution in [0.1, 0.15) is 36.7 Å². The van der Waals surface area contributed by atoms with Gasteiger partial charge in [0.2, 0.25) is 0 Å². The fourth-order valence-corrected chi connectivity index (χ4v) is 3.40. The second-order valence-corrected chi connectivity index (χ2v) is 7.80. The summed E-state index contributed by atoms with van der Waals surface area (Å²) in [5, 5.41) is 8.71. The summed E-state index contributed by atoms with van der Waals surface area (Å²) in [4.78, 5) is 24.4. The number of aromatic nitrogens is 3. The number of aryl methyl sites for hydroxylation is 1. The Balaban J connectivity index is 1.83. The summed E-state index contributed by atoms with van der Waals surface area (Å²) in [6.45, 7) is 2.06. The first-order chi connectivity index (χ1) is 14.0. The van der Waals surface area contributed by atoms with E-state index in [4.69, 9.17) is 0 Å². The van der Waals surface area contributed by atoms with Crippen LogP contribution in [0.2, 0.25) is 0 Å². The Bertz CT molecular complexity index is 1160. The first-order valence-electron chi connectivity index (χ1n) is 9.45. The molecule has 1 aromatic carbocycles. The first-order valence-corrected chi connectivity index (χ1v) is 9.45. The van der Waals surface area contributed by atoms with Crippen LogP contribution in [0, 0.1) is 30.5 Å². The molecule has 0 saturated heterocycles. The number of fused-ring (bicyclic) bond motifs is 1. The standard InChI is InChI=1S/C20H20F3N5O2/c1-11-26-28(18(30)27(11)3)10-13-8-16-14(9-15(13)21)20(19(2,22)23,25-17(29)24-16)7-6-12-4-5-12/h8-9,12H,4-5,10H2,1-3H3,(H2,24,25,29)/t20-/m0/s1. The zero-order valence-corrected chi connectivity index (χ0v) is 16.6. The Morgan fingerprint density at radius 3 is 2.60 bits per heavy atom. The SMILES string of the molecule is Cc1nn(Cc2cc3c(cc2F)[C@@](C#CC2CC2)(C(C)(F)F)NC(=O)N3)c(=O)n1C. The maximum atomic E-state index is 15.0. The first kappa shape index (κ1) is 20.1. The van der Waals surface area contributed by atoms with E-state index < -0.39 is 29.0 Å². The molecule has 1 saturated carbocycles. The van der Waals surface area contributed by atoms with Crippen LogP contribution in [0.4, 0.5) is 23.7 Å². The van der Waals surface area contributed by atoms with Gasteiger partial charge in [-0.1, -0.05) is 11.8 Å². The Kier molecular flexibility index (Phi) is 4.45. The zero-order valence-electron chi connectivity index (χ0n) is 16.6. The summed E-state index contributed by atoms with van der Waals surface area (Å²) in [6.07, 6.45) is 1.62. The topological polar surface area (TPSA) is 81.0 Å². The van der Waals surface area contributed by atoms with Gasteiger partial charge in [-0.3, -0.25) is 4.57 Å². The largest absolute Gasteiger partial charge is 0.345 e. The van der Waals surface area contributed by atoms with Crippen molar-refractivity contribution in [1.82, 2.24) is 19.7 Å². The number of alkyl halides is 2. The predicted octanol–water partition coefficient (Wildman–Crippen LogP) is 2.48. The predicted molar refractivity (Wildman–Crippen MR) is 103 cm³/mol. The average molecular weight is 419 g/mol. The zero-order chi connectivity index (χ0) is 21.8. The number of amides is 2. The number of nitrogens with zero attached hydrogens (tertiary/aromatic N) is 3. The minimum absolute atomic E-state index is 0.00264. The van der Waals surface area contributed by atoms with Crippen molar-refractivity contribution in [2.75, 3.05) is 5.32 Å². The number of nitrogens with one attached hydrogen (secondary N) is 2. The van der Waals surface area contributed by atoms with Crippen molar-refractivity contribution in [1.29, 1.82) is 0 Å². The highest BCUT2D eigenvalue weighted by Gasteiger charge is 2.55. The van der Waals surface area contributed by atoms with Gasteiger partial charge < -0.3 is 10.6 Å². The third-order valence-electron chi connectivity index (χ3n) is 5.42. The van der Waals surface area contributed by atoms with E-state index in [1.54, 1.807) is 6.92 Å². The Morgan fingerprint density at radius 1 is 1.33 bits per heavy atom. The van der Waals surface area contributed by atoms with Crippen molar-refractivity contribution in [3.8, 4) is 11.8 Å². The van der Waals surface area contributed by atoms with Gasteiger partial charge in [-0.2, -0.15) is 5.10 Å². The van der Waals surface area contributed by atoms with E-state index in [1.165, 1.54) is 17.7 Å². The second kappa shape index (κ2) is 6.65. The fourth-order valence-electron chi connectivity index (χ4n) is 3.40. The molecule has 2 aromatic rings. The molecule has 7 nitrogen and oxygen atoms in total. The van der Waals surface area contributed by atoms with Gasteiger partial charge in [-0.25, -0.2) is 27.4 Å². The van der Waals surface area contributed by atoms with Crippen molar-refractivity contribution in [3.05, 3.63) is 45.4 Å². The molecule has 0 spiro atoms. The van der Waals surface area contributed by atoms with Crippen LogP contribution in [0.3, 0.4) is 0 Å². The van der Waals surface area contributed by atoms with E-state index in [9.17, 15) is 22.8 Å². The molecule has 1 aliphatic carbocycles. The van der Waals surface area contributed by atoms with Gasteiger partial charge in [-0.15, -0.1) is 0 Å². The summed E-state index contributed by atoms with van der Waals surface area (Å²) in [6, 6.07) is 1.33. The number of halogens is 3. The molecule has 4 rings (SSSR count). The van der Waals surface area contributed by atoms with E-state index in [2.05, 4.69) is 27.6 Å². The highest BCUT2D eigenvalue weighted by molar-refractivity contribution is 5.95. The molecule has 2 amide bonds. The minimum atomic E-state index is -3.48. The molecule has 2 N–H and O–H groups in total. The summed E-state index contributed by atoms with van der Waals surface area (Å²) in [7, 11) is 1.53. The number of rotatable bonds is 3. The summed E-state index contributed by atoms with van der Waals surface area (Å²) >= 11 is 0. The average Bonchev–Trinajstić information content (AvgIpc) is 3.45. The van der Waals surface area contributed by atoms with E-state index in [1.807, 2.05) is 0 Å². The number of anilines is 1. The lowest BCUT2D eigenvalue weighted by Gasteiger charge is -2.40. The van der Waals surface area contributed by atoms with Crippen LogP contribution in [0.15, 0.2) is 16.9 Å². The summed E-state index contributed by atoms with van der Waals surface area (Å²) in [5.41, 5.74) is -2.92. The summed E-state index contributed by atoms with van der Waals surface area (Å²) in [5.74, 6) is 1.46. The molecule has 30 heavy (non-hydrogen) atoms. The quantitative estimate of drug-likeness (QED) is 0.750. The van der Waals surface area contributed by atoms with Crippen LogP contribution in [-0.2, 0) is 19.1 Å². The molecule has 0 bridgehead atoms. The van der Waals surface area contributed by atoms with Gasteiger partial charge in [0.15, 0.2) is 5.54 Å². The van der Waals surface area contributed by atoms with Crippen molar-refractivity contribution in [2.45, 2.75) is 44.7 Å². The number of carbonyl (C=O) groups is 1. The minimum Gasteiger partial charge on any atom is -0.312 e. The number of hydrogen-bond donors (Lipinski definition) is 2. The molecule has 0 unspecified atom stereocenters. The third-order valence-corrected chi connectivity index (χ3v) is 5.42. The molecular formula is C20H20F3N5O2. The monoisotopic (exact) mass is 419 g/mol. The molecule has 1 atom stereocenters. The molecule has 2 heterocycles. The molecular weight excluding hydrogens is 399 g/mol. The van der Waals surface area contributed by atoms with Crippen molar-refractivity contribution in [3.63, 3.8) is 0 Å². The van der Waals surface area contributed by atoms with Gasteiger partial charge in [0.1, 0.15) is 11.6 Å². The van der Waals surface area contributed by atoms with E-state index in [0.29, 0.717) is 12.7 Å². The molecule has 1 fully saturated rings. The third kappa shape index (κ3) is 3.24. The molecule has 0 radical (unpaired) electrons. The maximum absolute atomic E-state index is 15.0. The number of carbonyl (C=O) groups excluding carboxylic acids is 1. The van der Waals surface area contributed by atoms with Crippen molar-refractivity contribution in [2.24, 2.45) is 13.0 Å². The van der Waals surface area contributed by atoms with Gasteiger partial charge in [0.05, 0.1) is 6.54 Å². The molecule has 2 aliphatic rings. The van der Waals surface area contributed by atoms with Crippen LogP contribution in [0.5, 0.6) is 0 Å². The van der Waals surface area contributed by atoms with Gasteiger partial charge in [0.25, 0.3) is 5.92 Å². The van der Waals surface area contributed by atoms with Crippen LogP contribution in [-0.4, -0.2) is 26.3 Å². The molecule has 1 aromatic heterocycles. The van der Waals surface area contributed by atoms with Gasteiger partial charge in [0, 0.05) is 36.7 Å². The molecule has 1 aliphatic heterocycles. The van der Waals surface area contributed by atoms with E-state index >= 15 is 0 Å². The maximum Gasteiger partial charge on any atom is 0.345 e. The van der Waals surface area contributed by atoms with Crippen LogP contribution >= 0.6 is 0 Å². The highest BCUT2D eigenvalue weighted by Crippen LogP contribution is 2.44. The number of hydrogen-bond acceptors (Lipinski definition) is 3. The van der Waals surface area contributed by atoms with Crippen molar-refractivity contribution >= 4 is 11.7 Å². The normalized spacial score (nSPS) is 20.7. The smallest absolute Gasteiger partial charge is 0.312 e. The Labute approximate surface area is 170 Å². The van der Waals surface area contributed by atoms with Crippen LogP contribution < -0.4 is 16.3 Å². The fraction of sp³-hybridized carbons (Fsp3) is 0.450. The Hall–Kier alpha value is -3.22. The van der Waals surface area contributed by atoms with E-state index in [-0.39, 0.29) is 29.3 Å². The highest BCUT2D eigenvalue weighted by atomic mass is 19.3.